The van der Waals surface area contributed by atoms with Gasteiger partial charge in [0.1, 0.15) is 12.1 Å². The SMILES string of the molecule is CCNc1ncnc(-c2ccc(C)cc2)c1C(C)C. The highest BCUT2D eigenvalue weighted by atomic mass is 15.0. The number of nitrogens with one attached hydrogen (secondary N) is 1. The molecule has 0 aliphatic rings. The molecule has 3 heteroatoms. The molecule has 100 valence electrons. The second-order valence-electron chi connectivity index (χ2n) is 5.04. The third kappa shape index (κ3) is 2.92. The van der Waals surface area contributed by atoms with Crippen LogP contribution in [0.15, 0.2) is 30.6 Å². The zero-order chi connectivity index (χ0) is 13.8. The first-order chi connectivity index (χ1) is 9.13. The molecule has 0 saturated carbocycles. The van der Waals surface area contributed by atoms with Crippen molar-refractivity contribution in [1.82, 2.24) is 9.97 Å². The minimum Gasteiger partial charge on any atom is -0.370 e. The van der Waals surface area contributed by atoms with Crippen molar-refractivity contribution in [3.8, 4) is 11.3 Å². The molecule has 2 aromatic rings. The van der Waals surface area contributed by atoms with Crippen LogP contribution in [0.1, 0.15) is 37.8 Å². The Labute approximate surface area is 115 Å². The largest absolute Gasteiger partial charge is 0.370 e. The van der Waals surface area contributed by atoms with Crippen LogP contribution in [0.3, 0.4) is 0 Å². The van der Waals surface area contributed by atoms with Gasteiger partial charge in [-0.3, -0.25) is 0 Å². The number of hydrogen-bond donors (Lipinski definition) is 1. The van der Waals surface area contributed by atoms with E-state index in [0.717, 1.165) is 23.6 Å². The zero-order valence-corrected chi connectivity index (χ0v) is 12.1. The summed E-state index contributed by atoms with van der Waals surface area (Å²) in [5.41, 5.74) is 4.63. The first kappa shape index (κ1) is 13.5. The Kier molecular flexibility index (Phi) is 4.15. The third-order valence-corrected chi connectivity index (χ3v) is 3.13. The van der Waals surface area contributed by atoms with Crippen molar-refractivity contribution < 1.29 is 0 Å². The van der Waals surface area contributed by atoms with E-state index in [4.69, 9.17) is 0 Å². The Bertz CT molecular complexity index is 544. The second kappa shape index (κ2) is 5.83. The summed E-state index contributed by atoms with van der Waals surface area (Å²) in [5.74, 6) is 1.33. The zero-order valence-electron chi connectivity index (χ0n) is 12.1. The fraction of sp³-hybridized carbons (Fsp3) is 0.375. The average molecular weight is 255 g/mol. The maximum atomic E-state index is 4.49. The van der Waals surface area contributed by atoms with Gasteiger partial charge in [-0.2, -0.15) is 0 Å². The molecule has 0 bridgehead atoms. The van der Waals surface area contributed by atoms with Gasteiger partial charge in [-0.05, 0) is 19.8 Å². The van der Waals surface area contributed by atoms with Crippen molar-refractivity contribution in [1.29, 1.82) is 0 Å². The van der Waals surface area contributed by atoms with E-state index < -0.39 is 0 Å². The van der Waals surface area contributed by atoms with E-state index in [1.54, 1.807) is 6.33 Å². The summed E-state index contributed by atoms with van der Waals surface area (Å²) < 4.78 is 0. The molecule has 3 nitrogen and oxygen atoms in total. The summed E-state index contributed by atoms with van der Waals surface area (Å²) >= 11 is 0. The molecule has 1 aromatic carbocycles. The molecular weight excluding hydrogens is 234 g/mol. The van der Waals surface area contributed by atoms with E-state index in [1.807, 2.05) is 0 Å². The number of aryl methyl sites for hydroxylation is 1. The first-order valence-corrected chi connectivity index (χ1v) is 6.79. The molecule has 0 unspecified atom stereocenters. The Morgan fingerprint density at radius 3 is 2.37 bits per heavy atom. The van der Waals surface area contributed by atoms with E-state index in [-0.39, 0.29) is 0 Å². The monoisotopic (exact) mass is 255 g/mol. The van der Waals surface area contributed by atoms with Gasteiger partial charge in [-0.25, -0.2) is 9.97 Å². The molecule has 0 aliphatic carbocycles. The first-order valence-electron chi connectivity index (χ1n) is 6.79. The molecule has 1 N–H and O–H groups in total. The Morgan fingerprint density at radius 2 is 1.79 bits per heavy atom. The Hall–Kier alpha value is -1.90. The fourth-order valence-electron chi connectivity index (χ4n) is 2.19. The number of benzene rings is 1. The van der Waals surface area contributed by atoms with E-state index in [1.165, 1.54) is 11.1 Å². The second-order valence-corrected chi connectivity index (χ2v) is 5.04. The number of rotatable bonds is 4. The third-order valence-electron chi connectivity index (χ3n) is 3.13. The van der Waals surface area contributed by atoms with Gasteiger partial charge in [0, 0.05) is 17.7 Å². The van der Waals surface area contributed by atoms with Crippen LogP contribution in [-0.4, -0.2) is 16.5 Å². The molecular formula is C16H21N3. The number of anilines is 1. The van der Waals surface area contributed by atoms with Crippen molar-refractivity contribution in [2.24, 2.45) is 0 Å². The van der Waals surface area contributed by atoms with Gasteiger partial charge < -0.3 is 5.32 Å². The van der Waals surface area contributed by atoms with Gasteiger partial charge in [0.05, 0.1) is 5.69 Å². The van der Waals surface area contributed by atoms with Crippen LogP contribution in [0.4, 0.5) is 5.82 Å². The molecule has 0 saturated heterocycles. The van der Waals surface area contributed by atoms with Gasteiger partial charge in [0.15, 0.2) is 0 Å². The topological polar surface area (TPSA) is 37.8 Å². The van der Waals surface area contributed by atoms with Crippen molar-refractivity contribution >= 4 is 5.82 Å². The van der Waals surface area contributed by atoms with Crippen molar-refractivity contribution in [2.75, 3.05) is 11.9 Å². The molecule has 2 rings (SSSR count). The van der Waals surface area contributed by atoms with E-state index in [2.05, 4.69) is 67.2 Å². The standard InChI is InChI=1S/C16H21N3/c1-5-17-16-14(11(2)3)15(18-10-19-16)13-8-6-12(4)7-9-13/h6-11H,5H2,1-4H3,(H,17,18,19). The molecule has 0 atom stereocenters. The van der Waals surface area contributed by atoms with Crippen LogP contribution >= 0.6 is 0 Å². The van der Waals surface area contributed by atoms with Crippen LogP contribution < -0.4 is 5.32 Å². The van der Waals surface area contributed by atoms with Crippen LogP contribution in [0.25, 0.3) is 11.3 Å². The molecule has 0 spiro atoms. The van der Waals surface area contributed by atoms with E-state index >= 15 is 0 Å². The molecule has 0 aliphatic heterocycles. The fourth-order valence-corrected chi connectivity index (χ4v) is 2.19. The predicted molar refractivity (Wildman–Crippen MR) is 80.5 cm³/mol. The lowest BCUT2D eigenvalue weighted by Crippen LogP contribution is -2.07. The van der Waals surface area contributed by atoms with Gasteiger partial charge >= 0.3 is 0 Å². The Morgan fingerprint density at radius 1 is 1.11 bits per heavy atom. The summed E-state index contributed by atoms with van der Waals surface area (Å²) in [4.78, 5) is 8.86. The van der Waals surface area contributed by atoms with Crippen LogP contribution in [0, 0.1) is 6.92 Å². The van der Waals surface area contributed by atoms with E-state index in [0.29, 0.717) is 5.92 Å². The average Bonchev–Trinajstić information content (AvgIpc) is 2.39. The summed E-state index contributed by atoms with van der Waals surface area (Å²) in [6.45, 7) is 9.40. The quantitative estimate of drug-likeness (QED) is 0.897. The Balaban J connectivity index is 2.55. The molecule has 0 amide bonds. The summed E-state index contributed by atoms with van der Waals surface area (Å²) in [5, 5.41) is 3.33. The summed E-state index contributed by atoms with van der Waals surface area (Å²) in [6.07, 6.45) is 1.64. The maximum absolute atomic E-state index is 4.49. The number of aromatic nitrogens is 2. The van der Waals surface area contributed by atoms with Gasteiger partial charge in [-0.15, -0.1) is 0 Å². The van der Waals surface area contributed by atoms with Crippen molar-refractivity contribution in [3.63, 3.8) is 0 Å². The van der Waals surface area contributed by atoms with Crippen molar-refractivity contribution in [3.05, 3.63) is 41.7 Å². The maximum Gasteiger partial charge on any atom is 0.133 e. The lowest BCUT2D eigenvalue weighted by molar-refractivity contribution is 0.849. The molecule has 1 aromatic heterocycles. The van der Waals surface area contributed by atoms with Crippen LogP contribution in [0.5, 0.6) is 0 Å². The van der Waals surface area contributed by atoms with Gasteiger partial charge in [0.2, 0.25) is 0 Å². The summed E-state index contributed by atoms with van der Waals surface area (Å²) in [6, 6.07) is 8.49. The smallest absolute Gasteiger partial charge is 0.133 e. The molecule has 0 radical (unpaired) electrons. The van der Waals surface area contributed by atoms with Crippen LogP contribution in [0.2, 0.25) is 0 Å². The van der Waals surface area contributed by atoms with E-state index in [9.17, 15) is 0 Å². The minimum absolute atomic E-state index is 0.381. The number of hydrogen-bond acceptors (Lipinski definition) is 3. The normalized spacial score (nSPS) is 10.8. The molecule has 1 heterocycles. The highest BCUT2D eigenvalue weighted by molar-refractivity contribution is 5.69. The van der Waals surface area contributed by atoms with Crippen LogP contribution in [-0.2, 0) is 0 Å². The lowest BCUT2D eigenvalue weighted by atomic mass is 9.97. The molecule has 0 fully saturated rings. The highest BCUT2D eigenvalue weighted by Gasteiger charge is 2.15. The summed E-state index contributed by atoms with van der Waals surface area (Å²) in [7, 11) is 0. The minimum atomic E-state index is 0.381. The lowest BCUT2D eigenvalue weighted by Gasteiger charge is -2.16. The van der Waals surface area contributed by atoms with Crippen molar-refractivity contribution in [2.45, 2.75) is 33.6 Å². The van der Waals surface area contributed by atoms with Gasteiger partial charge in [-0.1, -0.05) is 43.7 Å². The highest BCUT2D eigenvalue weighted by Crippen LogP contribution is 2.31. The number of nitrogens with zero attached hydrogens (tertiary/aromatic N) is 2. The van der Waals surface area contributed by atoms with Gasteiger partial charge in [0.25, 0.3) is 0 Å². The molecule has 19 heavy (non-hydrogen) atoms. The predicted octanol–water partition coefficient (Wildman–Crippen LogP) is 4.01.